The predicted octanol–water partition coefficient (Wildman–Crippen LogP) is 2.37. The van der Waals surface area contributed by atoms with Crippen LogP contribution < -0.4 is 0 Å². The Kier molecular flexibility index (Phi) is 4.52. The maximum atomic E-state index is 13.3. The van der Waals surface area contributed by atoms with Crippen LogP contribution in [-0.2, 0) is 33.3 Å². The van der Waals surface area contributed by atoms with Crippen LogP contribution in [0.2, 0.25) is 0 Å². The lowest BCUT2D eigenvalue weighted by Crippen LogP contribution is -2.58. The molecule has 4 fully saturated rings. The highest BCUT2D eigenvalue weighted by molar-refractivity contribution is 5.89. The fraction of sp³-hybridized carbons (Fsp3) is 0.750. The average Bonchev–Trinajstić information content (AvgIpc) is 3.39. The van der Waals surface area contributed by atoms with Gasteiger partial charge in [0, 0.05) is 0 Å². The third kappa shape index (κ3) is 2.53. The van der Waals surface area contributed by atoms with E-state index in [1.807, 2.05) is 6.92 Å². The van der Waals surface area contributed by atoms with Crippen molar-refractivity contribution in [3.05, 3.63) is 12.4 Å². The van der Waals surface area contributed by atoms with Crippen LogP contribution in [0.5, 0.6) is 0 Å². The third-order valence-electron chi connectivity index (χ3n) is 6.95. The molecule has 0 amide bonds. The van der Waals surface area contributed by atoms with Crippen molar-refractivity contribution in [1.29, 1.82) is 0 Å². The summed E-state index contributed by atoms with van der Waals surface area (Å²) in [5.74, 6) is -5.34. The van der Waals surface area contributed by atoms with E-state index in [2.05, 4.69) is 6.58 Å². The molecule has 4 aliphatic rings. The molecule has 7 nitrogen and oxygen atoms in total. The molecule has 3 aliphatic heterocycles. The topological polar surface area (TPSA) is 88.1 Å². The number of carbonyl (C=O) groups is 3. The van der Waals surface area contributed by atoms with Crippen molar-refractivity contribution in [2.75, 3.05) is 0 Å². The molecule has 4 rings (SSSR count). The van der Waals surface area contributed by atoms with E-state index in [0.717, 1.165) is 25.7 Å². The van der Waals surface area contributed by atoms with E-state index >= 15 is 0 Å². The van der Waals surface area contributed by atoms with Gasteiger partial charge in [0.15, 0.2) is 11.7 Å². The molecule has 0 aromatic rings. The first kappa shape index (κ1) is 19.4. The van der Waals surface area contributed by atoms with Gasteiger partial charge in [-0.15, -0.1) is 0 Å². The van der Waals surface area contributed by atoms with Crippen LogP contribution in [0, 0.1) is 11.8 Å². The Bertz CT molecular complexity index is 728. The van der Waals surface area contributed by atoms with Crippen LogP contribution in [0.1, 0.15) is 52.4 Å². The van der Waals surface area contributed by atoms with E-state index < -0.39 is 65.1 Å². The summed E-state index contributed by atoms with van der Waals surface area (Å²) in [6.45, 7) is 6.65. The SMILES string of the molecule is C=C(F)C(=O)OC1(CC)C2OC(=O)C3C2OC1C3C(=O)OC1(CC)CCCC1. The number of esters is 3. The Hall–Kier alpha value is -1.96. The lowest BCUT2D eigenvalue weighted by atomic mass is 9.70. The molecule has 2 bridgehead atoms. The zero-order chi connectivity index (χ0) is 20.3. The van der Waals surface area contributed by atoms with Crippen molar-refractivity contribution in [2.24, 2.45) is 11.8 Å². The highest BCUT2D eigenvalue weighted by Crippen LogP contribution is 2.58. The molecule has 1 saturated carbocycles. The summed E-state index contributed by atoms with van der Waals surface area (Å²) in [6, 6.07) is 0. The molecule has 6 atom stereocenters. The molecule has 8 heteroatoms. The highest BCUT2D eigenvalue weighted by Gasteiger charge is 2.78. The molecule has 3 heterocycles. The zero-order valence-electron chi connectivity index (χ0n) is 16.1. The molecule has 6 unspecified atom stereocenters. The zero-order valence-corrected chi connectivity index (χ0v) is 16.1. The van der Waals surface area contributed by atoms with E-state index in [9.17, 15) is 18.8 Å². The van der Waals surface area contributed by atoms with Crippen molar-refractivity contribution in [3.8, 4) is 0 Å². The minimum Gasteiger partial charge on any atom is -0.459 e. The minimum absolute atomic E-state index is 0.195. The van der Waals surface area contributed by atoms with Gasteiger partial charge in [0.2, 0.25) is 5.83 Å². The number of halogens is 1. The number of fused-ring (bicyclic) bond motifs is 1. The monoisotopic (exact) mass is 396 g/mol. The van der Waals surface area contributed by atoms with Crippen LogP contribution in [-0.4, -0.2) is 47.4 Å². The lowest BCUT2D eigenvalue weighted by molar-refractivity contribution is -0.187. The Morgan fingerprint density at radius 3 is 2.43 bits per heavy atom. The molecule has 0 spiro atoms. The Labute approximate surface area is 162 Å². The first-order valence-corrected chi connectivity index (χ1v) is 9.95. The number of hydrogen-bond acceptors (Lipinski definition) is 7. The molecular weight excluding hydrogens is 371 g/mol. The van der Waals surface area contributed by atoms with Crippen molar-refractivity contribution < 1.29 is 37.7 Å². The molecule has 0 N–H and O–H groups in total. The maximum absolute atomic E-state index is 13.3. The molecular formula is C20H25FO7. The Morgan fingerprint density at radius 1 is 1.18 bits per heavy atom. The van der Waals surface area contributed by atoms with Gasteiger partial charge in [0.1, 0.15) is 29.6 Å². The van der Waals surface area contributed by atoms with Crippen LogP contribution >= 0.6 is 0 Å². The molecule has 0 radical (unpaired) electrons. The molecule has 3 saturated heterocycles. The second-order valence-electron chi connectivity index (χ2n) is 8.20. The second-order valence-corrected chi connectivity index (χ2v) is 8.20. The van der Waals surface area contributed by atoms with E-state index in [-0.39, 0.29) is 6.42 Å². The van der Waals surface area contributed by atoms with Gasteiger partial charge in [-0.3, -0.25) is 9.59 Å². The summed E-state index contributed by atoms with van der Waals surface area (Å²) in [5, 5.41) is 0. The van der Waals surface area contributed by atoms with Gasteiger partial charge in [0.05, 0.1) is 0 Å². The first-order chi connectivity index (χ1) is 13.3. The fourth-order valence-electron chi connectivity index (χ4n) is 5.42. The smallest absolute Gasteiger partial charge is 0.367 e. The van der Waals surface area contributed by atoms with Crippen LogP contribution in [0.15, 0.2) is 12.4 Å². The van der Waals surface area contributed by atoms with Crippen molar-refractivity contribution in [2.45, 2.75) is 81.9 Å². The van der Waals surface area contributed by atoms with E-state index in [0.29, 0.717) is 6.42 Å². The maximum Gasteiger partial charge on any atom is 0.367 e. The van der Waals surface area contributed by atoms with Gasteiger partial charge < -0.3 is 18.9 Å². The average molecular weight is 396 g/mol. The Morgan fingerprint density at radius 2 is 1.86 bits per heavy atom. The van der Waals surface area contributed by atoms with Gasteiger partial charge in [-0.05, 0) is 38.5 Å². The summed E-state index contributed by atoms with van der Waals surface area (Å²) < 4.78 is 36.0. The quantitative estimate of drug-likeness (QED) is 0.387. The Balaban J connectivity index is 1.65. The standard InChI is InChI=1S/C20H25FO7/c1-4-19(8-6-7-9-19)27-18(24)12-11-13-15(26-17(11)23)20(5-2,14(12)25-13)28-16(22)10(3)21/h11-15H,3-9H2,1-2H3. The predicted molar refractivity (Wildman–Crippen MR) is 92.5 cm³/mol. The summed E-state index contributed by atoms with van der Waals surface area (Å²) in [5.41, 5.74) is -1.96. The summed E-state index contributed by atoms with van der Waals surface area (Å²) in [6.07, 6.45) is 1.92. The summed E-state index contributed by atoms with van der Waals surface area (Å²) >= 11 is 0. The number of rotatable bonds is 6. The number of carbonyl (C=O) groups excluding carboxylic acids is 3. The minimum atomic E-state index is -1.43. The molecule has 1 aliphatic carbocycles. The van der Waals surface area contributed by atoms with E-state index in [1.54, 1.807) is 6.92 Å². The van der Waals surface area contributed by atoms with Gasteiger partial charge in [-0.25, -0.2) is 4.79 Å². The number of hydrogen-bond donors (Lipinski definition) is 0. The molecule has 28 heavy (non-hydrogen) atoms. The summed E-state index contributed by atoms with van der Waals surface area (Å²) in [7, 11) is 0. The van der Waals surface area contributed by atoms with Gasteiger partial charge in [-0.1, -0.05) is 20.4 Å². The van der Waals surface area contributed by atoms with Gasteiger partial charge in [0.25, 0.3) is 0 Å². The first-order valence-electron chi connectivity index (χ1n) is 9.95. The largest absolute Gasteiger partial charge is 0.459 e. The normalized spacial score (nSPS) is 39.7. The molecule has 0 aromatic carbocycles. The van der Waals surface area contributed by atoms with Crippen molar-refractivity contribution in [1.82, 2.24) is 0 Å². The van der Waals surface area contributed by atoms with E-state index in [4.69, 9.17) is 18.9 Å². The summed E-state index contributed by atoms with van der Waals surface area (Å²) in [4.78, 5) is 37.6. The fourth-order valence-corrected chi connectivity index (χ4v) is 5.42. The number of ether oxygens (including phenoxy) is 4. The lowest BCUT2D eigenvalue weighted by Gasteiger charge is -2.39. The highest BCUT2D eigenvalue weighted by atomic mass is 19.1. The molecule has 154 valence electrons. The van der Waals surface area contributed by atoms with Gasteiger partial charge in [-0.2, -0.15) is 4.39 Å². The van der Waals surface area contributed by atoms with Crippen molar-refractivity contribution >= 4 is 17.9 Å². The van der Waals surface area contributed by atoms with Crippen LogP contribution in [0.3, 0.4) is 0 Å². The van der Waals surface area contributed by atoms with Crippen LogP contribution in [0.25, 0.3) is 0 Å². The third-order valence-corrected chi connectivity index (χ3v) is 6.95. The van der Waals surface area contributed by atoms with Gasteiger partial charge >= 0.3 is 17.9 Å². The van der Waals surface area contributed by atoms with Crippen LogP contribution in [0.4, 0.5) is 4.39 Å². The van der Waals surface area contributed by atoms with E-state index in [1.165, 1.54) is 0 Å². The second kappa shape index (κ2) is 6.54. The molecule has 0 aromatic heterocycles. The van der Waals surface area contributed by atoms with Crippen molar-refractivity contribution in [3.63, 3.8) is 0 Å².